The first-order valence-corrected chi connectivity index (χ1v) is 11.8. The van der Waals surface area contributed by atoms with Gasteiger partial charge in [0, 0.05) is 17.7 Å². The number of phenolic OH excluding ortho intramolecular Hbond substituents is 1. The Morgan fingerprint density at radius 1 is 0.800 bits per heavy atom. The van der Waals surface area contributed by atoms with Gasteiger partial charge in [0.1, 0.15) is 5.75 Å². The zero-order valence-corrected chi connectivity index (χ0v) is 19.5. The van der Waals surface area contributed by atoms with E-state index in [2.05, 4.69) is 0 Å². The SMILES string of the molecule is CCOCc1ccc(C2CCC(COc3ccc(-c4ccc(O)cc4)c(F)c3F)CC2)c(F)c1F. The second-order valence-corrected chi connectivity index (χ2v) is 8.89. The summed E-state index contributed by atoms with van der Waals surface area (Å²) in [5, 5.41) is 9.38. The first-order chi connectivity index (χ1) is 16.9. The van der Waals surface area contributed by atoms with Crippen molar-refractivity contribution in [3.05, 3.63) is 82.9 Å². The maximum atomic E-state index is 14.7. The minimum absolute atomic E-state index is 0.0377. The Balaban J connectivity index is 1.35. The zero-order valence-electron chi connectivity index (χ0n) is 19.5. The number of halogens is 4. The highest BCUT2D eigenvalue weighted by Crippen LogP contribution is 2.38. The van der Waals surface area contributed by atoms with Crippen LogP contribution in [0, 0.1) is 29.2 Å². The van der Waals surface area contributed by atoms with E-state index < -0.39 is 23.3 Å². The monoisotopic (exact) mass is 488 g/mol. The Labute approximate surface area is 202 Å². The summed E-state index contributed by atoms with van der Waals surface area (Å²) in [7, 11) is 0. The number of benzene rings is 3. The number of phenols is 1. The lowest BCUT2D eigenvalue weighted by Crippen LogP contribution is -2.20. The lowest BCUT2D eigenvalue weighted by Gasteiger charge is -2.29. The van der Waals surface area contributed by atoms with Crippen molar-refractivity contribution in [2.24, 2.45) is 5.92 Å². The van der Waals surface area contributed by atoms with Crippen molar-refractivity contribution in [2.45, 2.75) is 45.1 Å². The summed E-state index contributed by atoms with van der Waals surface area (Å²) < 4.78 is 69.1. The van der Waals surface area contributed by atoms with Crippen LogP contribution in [0.5, 0.6) is 11.5 Å². The molecule has 0 saturated heterocycles. The normalized spacial score (nSPS) is 18.0. The summed E-state index contributed by atoms with van der Waals surface area (Å²) in [4.78, 5) is 0. The number of hydrogen-bond donors (Lipinski definition) is 1. The third kappa shape index (κ3) is 5.61. The molecule has 4 rings (SSSR count). The molecule has 1 N–H and O–H groups in total. The molecule has 0 bridgehead atoms. The van der Waals surface area contributed by atoms with Crippen LogP contribution in [-0.4, -0.2) is 18.3 Å². The minimum atomic E-state index is -1.06. The molecule has 3 aromatic rings. The van der Waals surface area contributed by atoms with Gasteiger partial charge in [-0.15, -0.1) is 0 Å². The van der Waals surface area contributed by atoms with Gasteiger partial charge >= 0.3 is 0 Å². The molecule has 3 aromatic carbocycles. The molecule has 1 aliphatic carbocycles. The molecule has 0 aliphatic heterocycles. The first-order valence-electron chi connectivity index (χ1n) is 11.8. The van der Waals surface area contributed by atoms with Gasteiger partial charge in [0.15, 0.2) is 23.2 Å². The summed E-state index contributed by atoms with van der Waals surface area (Å²) >= 11 is 0. The Kier molecular flexibility index (Phi) is 7.96. The van der Waals surface area contributed by atoms with E-state index in [1.54, 1.807) is 19.1 Å². The Bertz CT molecular complexity index is 1160. The van der Waals surface area contributed by atoms with Crippen LogP contribution < -0.4 is 4.74 Å². The highest BCUT2D eigenvalue weighted by molar-refractivity contribution is 5.66. The van der Waals surface area contributed by atoms with Gasteiger partial charge in [0.25, 0.3) is 0 Å². The molecular weight excluding hydrogens is 460 g/mol. The molecule has 1 fully saturated rings. The van der Waals surface area contributed by atoms with Crippen LogP contribution in [0.25, 0.3) is 11.1 Å². The molecule has 0 aromatic heterocycles. The molecule has 35 heavy (non-hydrogen) atoms. The Morgan fingerprint density at radius 3 is 2.20 bits per heavy atom. The number of ether oxygens (including phenoxy) is 2. The average molecular weight is 489 g/mol. The Morgan fingerprint density at radius 2 is 1.51 bits per heavy atom. The van der Waals surface area contributed by atoms with E-state index in [0.29, 0.717) is 43.4 Å². The zero-order chi connectivity index (χ0) is 24.9. The van der Waals surface area contributed by atoms with E-state index >= 15 is 0 Å². The molecule has 0 heterocycles. The first kappa shape index (κ1) is 25.0. The standard InChI is InChI=1S/C28H28F4O3/c1-2-34-16-20-9-12-22(26(30)25(20)29)18-5-3-17(4-6-18)15-35-24-14-13-23(27(31)28(24)32)19-7-10-21(33)11-8-19/h7-14,17-18,33H,2-6,15-16H2,1H3. The predicted molar refractivity (Wildman–Crippen MR) is 125 cm³/mol. The van der Waals surface area contributed by atoms with Gasteiger partial charge in [-0.05, 0) is 79.8 Å². The van der Waals surface area contributed by atoms with Crippen molar-refractivity contribution in [1.29, 1.82) is 0 Å². The van der Waals surface area contributed by atoms with Crippen LogP contribution in [0.3, 0.4) is 0 Å². The van der Waals surface area contributed by atoms with E-state index in [-0.39, 0.29) is 47.7 Å². The molecule has 0 radical (unpaired) electrons. The maximum absolute atomic E-state index is 14.7. The van der Waals surface area contributed by atoms with Gasteiger partial charge in [-0.25, -0.2) is 13.2 Å². The fourth-order valence-corrected chi connectivity index (χ4v) is 4.60. The smallest absolute Gasteiger partial charge is 0.201 e. The van der Waals surface area contributed by atoms with Gasteiger partial charge in [0.2, 0.25) is 5.82 Å². The summed E-state index contributed by atoms with van der Waals surface area (Å²) in [5.41, 5.74) is 1.11. The van der Waals surface area contributed by atoms with Gasteiger partial charge in [-0.3, -0.25) is 0 Å². The third-order valence-corrected chi connectivity index (χ3v) is 6.64. The van der Waals surface area contributed by atoms with Crippen molar-refractivity contribution in [1.82, 2.24) is 0 Å². The second-order valence-electron chi connectivity index (χ2n) is 8.89. The topological polar surface area (TPSA) is 38.7 Å². The van der Waals surface area contributed by atoms with Crippen LogP contribution in [0.15, 0.2) is 48.5 Å². The molecule has 0 atom stereocenters. The number of hydrogen-bond acceptors (Lipinski definition) is 3. The maximum Gasteiger partial charge on any atom is 0.201 e. The quantitative estimate of drug-likeness (QED) is 0.334. The molecule has 3 nitrogen and oxygen atoms in total. The fourth-order valence-electron chi connectivity index (χ4n) is 4.60. The lowest BCUT2D eigenvalue weighted by molar-refractivity contribution is 0.130. The third-order valence-electron chi connectivity index (χ3n) is 6.64. The van der Waals surface area contributed by atoms with Crippen LogP contribution in [0.2, 0.25) is 0 Å². The molecule has 186 valence electrons. The lowest BCUT2D eigenvalue weighted by atomic mass is 9.78. The van der Waals surface area contributed by atoms with Crippen molar-refractivity contribution in [3.8, 4) is 22.6 Å². The second kappa shape index (κ2) is 11.1. The molecule has 1 aliphatic rings. The van der Waals surface area contributed by atoms with E-state index in [4.69, 9.17) is 9.47 Å². The molecule has 1 saturated carbocycles. The van der Waals surface area contributed by atoms with Crippen molar-refractivity contribution < 1.29 is 32.1 Å². The number of rotatable bonds is 8. The molecule has 0 unspecified atom stereocenters. The largest absolute Gasteiger partial charge is 0.508 e. The van der Waals surface area contributed by atoms with Crippen molar-refractivity contribution in [3.63, 3.8) is 0 Å². The molecular formula is C28H28F4O3. The fraction of sp³-hybridized carbons (Fsp3) is 0.357. The average Bonchev–Trinajstić information content (AvgIpc) is 2.87. The summed E-state index contributed by atoms with van der Waals surface area (Å²) in [6.07, 6.45) is 2.74. The Hall–Kier alpha value is -3.06. The number of aromatic hydroxyl groups is 1. The van der Waals surface area contributed by atoms with Gasteiger partial charge < -0.3 is 14.6 Å². The summed E-state index contributed by atoms with van der Waals surface area (Å²) in [6.45, 7) is 2.47. The van der Waals surface area contributed by atoms with Crippen LogP contribution in [0.1, 0.15) is 49.7 Å². The summed E-state index contributed by atoms with van der Waals surface area (Å²) in [5.74, 6) is -3.85. The van der Waals surface area contributed by atoms with Gasteiger partial charge in [-0.2, -0.15) is 4.39 Å². The van der Waals surface area contributed by atoms with Crippen LogP contribution in [0.4, 0.5) is 17.6 Å². The minimum Gasteiger partial charge on any atom is -0.508 e. The van der Waals surface area contributed by atoms with Gasteiger partial charge in [0.05, 0.1) is 13.2 Å². The highest BCUT2D eigenvalue weighted by Gasteiger charge is 2.27. The predicted octanol–water partition coefficient (Wildman–Crippen LogP) is 7.50. The van der Waals surface area contributed by atoms with Crippen molar-refractivity contribution in [2.75, 3.05) is 13.2 Å². The van der Waals surface area contributed by atoms with E-state index in [9.17, 15) is 22.7 Å². The molecule has 7 heteroatoms. The van der Waals surface area contributed by atoms with Crippen LogP contribution in [-0.2, 0) is 11.3 Å². The van der Waals surface area contributed by atoms with Crippen molar-refractivity contribution >= 4 is 0 Å². The van der Waals surface area contributed by atoms with E-state index in [1.165, 1.54) is 36.4 Å². The molecule has 0 amide bonds. The van der Waals surface area contributed by atoms with E-state index in [0.717, 1.165) is 0 Å². The highest BCUT2D eigenvalue weighted by atomic mass is 19.2. The van der Waals surface area contributed by atoms with E-state index in [1.807, 2.05) is 0 Å². The van der Waals surface area contributed by atoms with Crippen LogP contribution >= 0.6 is 0 Å². The van der Waals surface area contributed by atoms with Gasteiger partial charge in [-0.1, -0.05) is 24.3 Å². The molecule has 0 spiro atoms. The summed E-state index contributed by atoms with van der Waals surface area (Å²) in [6, 6.07) is 11.9.